The summed E-state index contributed by atoms with van der Waals surface area (Å²) in [5.41, 5.74) is 8.79. The highest BCUT2D eigenvalue weighted by Gasteiger charge is 2.19. The largest absolute Gasteiger partial charge is 0.493 e. The molecule has 0 aliphatic rings. The van der Waals surface area contributed by atoms with Crippen molar-refractivity contribution >= 4 is 21.8 Å². The van der Waals surface area contributed by atoms with Crippen LogP contribution in [-0.2, 0) is 10.0 Å². The molecule has 0 aliphatic heterocycles. The molecular weight excluding hydrogens is 487 g/mol. The molecule has 3 aromatic heterocycles. The first kappa shape index (κ1) is 25.0. The van der Waals surface area contributed by atoms with Crippen molar-refractivity contribution in [2.75, 3.05) is 31.0 Å². The van der Waals surface area contributed by atoms with Crippen molar-refractivity contribution in [2.45, 2.75) is 13.0 Å². The molecule has 0 saturated carbocycles. The quantitative estimate of drug-likeness (QED) is 0.264. The van der Waals surface area contributed by atoms with E-state index in [1.165, 1.54) is 19.2 Å². The Labute approximate surface area is 207 Å². The molecule has 188 valence electrons. The molecule has 0 fully saturated rings. The second-order valence-electron chi connectivity index (χ2n) is 8.06. The Morgan fingerprint density at radius 2 is 1.89 bits per heavy atom. The van der Waals surface area contributed by atoms with Gasteiger partial charge in [-0.3, -0.25) is 0 Å². The van der Waals surface area contributed by atoms with Crippen molar-refractivity contribution in [3.63, 3.8) is 0 Å². The van der Waals surface area contributed by atoms with E-state index in [2.05, 4.69) is 30.0 Å². The Balaban J connectivity index is 1.73. The summed E-state index contributed by atoms with van der Waals surface area (Å²) in [6.45, 7) is 1.99. The summed E-state index contributed by atoms with van der Waals surface area (Å²) in [4.78, 5) is 21.0. The number of aromatic amines is 1. The first-order valence-electron chi connectivity index (χ1n) is 10.8. The summed E-state index contributed by atoms with van der Waals surface area (Å²) < 4.78 is 44.2. The first-order chi connectivity index (χ1) is 17.1. The van der Waals surface area contributed by atoms with Gasteiger partial charge in [0.25, 0.3) is 0 Å². The van der Waals surface area contributed by atoms with Crippen LogP contribution in [0.4, 0.5) is 16.2 Å². The highest BCUT2D eigenvalue weighted by molar-refractivity contribution is 7.88. The van der Waals surface area contributed by atoms with Crippen LogP contribution in [0, 0.1) is 5.82 Å². The number of nitrogens with one attached hydrogen (secondary N) is 3. The van der Waals surface area contributed by atoms with E-state index < -0.39 is 10.0 Å². The van der Waals surface area contributed by atoms with Gasteiger partial charge < -0.3 is 20.8 Å². The molecule has 3 heterocycles. The molecule has 5 N–H and O–H groups in total. The van der Waals surface area contributed by atoms with Crippen LogP contribution in [-0.4, -0.2) is 59.3 Å². The number of aromatic nitrogens is 5. The third kappa shape index (κ3) is 5.93. The number of hydrogen-bond acceptors (Lipinski definition) is 9. The lowest BCUT2D eigenvalue weighted by Crippen LogP contribution is -2.36. The van der Waals surface area contributed by atoms with Gasteiger partial charge in [-0.15, -0.1) is 0 Å². The van der Waals surface area contributed by atoms with E-state index in [-0.39, 0.29) is 24.2 Å². The van der Waals surface area contributed by atoms with Gasteiger partial charge in [-0.25, -0.2) is 37.5 Å². The molecular formula is C23H25FN8O3S. The van der Waals surface area contributed by atoms with Crippen molar-refractivity contribution in [1.29, 1.82) is 0 Å². The van der Waals surface area contributed by atoms with Crippen LogP contribution in [0.2, 0.25) is 0 Å². The van der Waals surface area contributed by atoms with Gasteiger partial charge in [0, 0.05) is 36.1 Å². The van der Waals surface area contributed by atoms with E-state index in [1.54, 1.807) is 43.6 Å². The Kier molecular flexibility index (Phi) is 7.12. The number of nitrogen functional groups attached to an aromatic ring is 1. The van der Waals surface area contributed by atoms with Gasteiger partial charge in [-0.1, -0.05) is 0 Å². The SMILES string of the molecule is COc1cc(-c2nc(-c3ccc(F)cc3)[nH]c2-c2ccnc(NC[C@H](C)NS(C)(=O)=O)n2)cnc1N. The molecule has 0 saturated heterocycles. The van der Waals surface area contributed by atoms with E-state index in [9.17, 15) is 12.8 Å². The van der Waals surface area contributed by atoms with E-state index >= 15 is 0 Å². The van der Waals surface area contributed by atoms with Crippen LogP contribution in [0.5, 0.6) is 5.75 Å². The zero-order chi connectivity index (χ0) is 25.9. The summed E-state index contributed by atoms with van der Waals surface area (Å²) in [6.07, 6.45) is 4.24. The maximum atomic E-state index is 13.5. The molecule has 4 aromatic rings. The predicted molar refractivity (Wildman–Crippen MR) is 135 cm³/mol. The van der Waals surface area contributed by atoms with Crippen LogP contribution in [0.15, 0.2) is 48.8 Å². The third-order valence-electron chi connectivity index (χ3n) is 5.09. The smallest absolute Gasteiger partial charge is 0.223 e. The van der Waals surface area contributed by atoms with Gasteiger partial charge in [-0.05, 0) is 43.3 Å². The number of anilines is 2. The Hall–Kier alpha value is -4.10. The fraction of sp³-hybridized carbons (Fsp3) is 0.217. The number of halogens is 1. The molecule has 1 atom stereocenters. The van der Waals surface area contributed by atoms with Crippen LogP contribution in [0.1, 0.15) is 6.92 Å². The lowest BCUT2D eigenvalue weighted by atomic mass is 10.1. The molecule has 0 spiro atoms. The number of H-pyrrole nitrogens is 1. The fourth-order valence-electron chi connectivity index (χ4n) is 3.49. The lowest BCUT2D eigenvalue weighted by Gasteiger charge is -2.13. The number of pyridine rings is 1. The highest BCUT2D eigenvalue weighted by Crippen LogP contribution is 2.34. The number of sulfonamides is 1. The second-order valence-corrected chi connectivity index (χ2v) is 9.84. The van der Waals surface area contributed by atoms with E-state index in [1.807, 2.05) is 0 Å². The lowest BCUT2D eigenvalue weighted by molar-refractivity contribution is 0.415. The molecule has 0 unspecified atom stereocenters. The molecule has 0 radical (unpaired) electrons. The Morgan fingerprint density at radius 1 is 1.14 bits per heavy atom. The number of nitrogens with zero attached hydrogens (tertiary/aromatic N) is 4. The summed E-state index contributed by atoms with van der Waals surface area (Å²) in [5, 5.41) is 3.03. The monoisotopic (exact) mass is 512 g/mol. The highest BCUT2D eigenvalue weighted by atomic mass is 32.2. The van der Waals surface area contributed by atoms with Gasteiger partial charge in [0.1, 0.15) is 17.3 Å². The second kappa shape index (κ2) is 10.3. The zero-order valence-corrected chi connectivity index (χ0v) is 20.6. The maximum Gasteiger partial charge on any atom is 0.223 e. The number of nitrogens with two attached hydrogens (primary N) is 1. The number of benzene rings is 1. The molecule has 13 heteroatoms. The Morgan fingerprint density at radius 3 is 2.58 bits per heavy atom. The fourth-order valence-corrected chi connectivity index (χ4v) is 4.31. The summed E-state index contributed by atoms with van der Waals surface area (Å²) in [5.74, 6) is 1.07. The van der Waals surface area contributed by atoms with Crippen molar-refractivity contribution in [3.8, 4) is 39.8 Å². The normalized spacial score (nSPS) is 12.3. The average molecular weight is 513 g/mol. The molecule has 11 nitrogen and oxygen atoms in total. The minimum absolute atomic E-state index is 0.238. The van der Waals surface area contributed by atoms with E-state index in [0.29, 0.717) is 45.7 Å². The minimum Gasteiger partial charge on any atom is -0.493 e. The van der Waals surface area contributed by atoms with E-state index in [4.69, 9.17) is 15.5 Å². The van der Waals surface area contributed by atoms with Crippen LogP contribution in [0.25, 0.3) is 34.0 Å². The molecule has 1 aromatic carbocycles. The molecule has 0 aliphatic carbocycles. The van der Waals surface area contributed by atoms with Crippen LogP contribution >= 0.6 is 0 Å². The molecule has 0 amide bonds. The summed E-state index contributed by atoms with van der Waals surface area (Å²) >= 11 is 0. The number of methoxy groups -OCH3 is 1. The average Bonchev–Trinajstić information content (AvgIpc) is 3.28. The van der Waals surface area contributed by atoms with E-state index in [0.717, 1.165) is 6.26 Å². The van der Waals surface area contributed by atoms with Gasteiger partial charge in [0.15, 0.2) is 11.6 Å². The topological polar surface area (TPSA) is 161 Å². The number of ether oxygens (including phenoxy) is 1. The van der Waals surface area contributed by atoms with Crippen LogP contribution < -0.4 is 20.5 Å². The number of rotatable bonds is 9. The van der Waals surface area contributed by atoms with Gasteiger partial charge in [-0.2, -0.15) is 0 Å². The number of imidazole rings is 1. The predicted octanol–water partition coefficient (Wildman–Crippen LogP) is 2.68. The van der Waals surface area contributed by atoms with Crippen LogP contribution in [0.3, 0.4) is 0 Å². The first-order valence-corrected chi connectivity index (χ1v) is 12.7. The molecule has 36 heavy (non-hydrogen) atoms. The maximum absolute atomic E-state index is 13.5. The van der Waals surface area contributed by atoms with Crippen molar-refractivity contribution in [2.24, 2.45) is 0 Å². The van der Waals surface area contributed by atoms with Crippen molar-refractivity contribution in [1.82, 2.24) is 29.6 Å². The van der Waals surface area contributed by atoms with Crippen molar-refractivity contribution < 1.29 is 17.5 Å². The van der Waals surface area contributed by atoms with Gasteiger partial charge in [0.05, 0.1) is 24.8 Å². The van der Waals surface area contributed by atoms with Gasteiger partial charge in [0.2, 0.25) is 16.0 Å². The van der Waals surface area contributed by atoms with Gasteiger partial charge >= 0.3 is 0 Å². The molecule has 0 bridgehead atoms. The standard InChI is InChI=1S/C23H25FN8O3S/c1-13(32-36(3,33)34)11-28-23-26-9-8-17(29-23)20-19(15-10-18(35-2)21(25)27-12-15)30-22(31-20)14-4-6-16(24)7-5-14/h4-10,12-13,32H,11H2,1-3H3,(H2,25,27)(H,30,31)(H,26,28,29)/t13-/m0/s1. The Bertz CT molecular complexity index is 1480. The summed E-state index contributed by atoms with van der Waals surface area (Å²) in [6, 6.07) is 8.98. The minimum atomic E-state index is -3.34. The van der Waals surface area contributed by atoms with Crippen molar-refractivity contribution in [3.05, 3.63) is 54.6 Å². The summed E-state index contributed by atoms with van der Waals surface area (Å²) in [7, 11) is -1.85. The molecule has 4 rings (SSSR count). The zero-order valence-electron chi connectivity index (χ0n) is 19.8. The number of hydrogen-bond donors (Lipinski definition) is 4. The third-order valence-corrected chi connectivity index (χ3v) is 5.92.